The number of halogens is 3. The van der Waals surface area contributed by atoms with E-state index in [1.54, 1.807) is 6.07 Å². The van der Waals surface area contributed by atoms with E-state index in [1.165, 1.54) is 30.3 Å². The number of rotatable bonds is 2. The van der Waals surface area contributed by atoms with Crippen LogP contribution >= 0.6 is 34.8 Å². The van der Waals surface area contributed by atoms with Crippen molar-refractivity contribution in [3.63, 3.8) is 0 Å². The smallest absolute Gasteiger partial charge is 0.257 e. The SMILES string of the molecule is O=C(Nc1ccc(O)cc1Cl)c1cc(Cl)ccc1Cl. The van der Waals surface area contributed by atoms with Gasteiger partial charge >= 0.3 is 0 Å². The number of carbonyl (C=O) groups excluding carboxylic acids is 1. The average Bonchev–Trinajstić information content (AvgIpc) is 2.35. The lowest BCUT2D eigenvalue weighted by Gasteiger charge is -2.09. The fourth-order valence-electron chi connectivity index (χ4n) is 1.47. The van der Waals surface area contributed by atoms with E-state index >= 15 is 0 Å². The molecule has 0 fully saturated rings. The zero-order chi connectivity index (χ0) is 14.0. The van der Waals surface area contributed by atoms with E-state index in [4.69, 9.17) is 34.8 Å². The fourth-order valence-corrected chi connectivity index (χ4v) is 2.06. The molecule has 0 unspecified atom stereocenters. The van der Waals surface area contributed by atoms with Gasteiger partial charge in [0.15, 0.2) is 0 Å². The second kappa shape index (κ2) is 5.70. The van der Waals surface area contributed by atoms with Gasteiger partial charge in [-0.3, -0.25) is 4.79 Å². The molecule has 0 heterocycles. The molecule has 2 aromatic rings. The highest BCUT2D eigenvalue weighted by Gasteiger charge is 2.13. The molecule has 98 valence electrons. The van der Waals surface area contributed by atoms with Gasteiger partial charge in [0.25, 0.3) is 5.91 Å². The highest BCUT2D eigenvalue weighted by molar-refractivity contribution is 6.37. The lowest BCUT2D eigenvalue weighted by Crippen LogP contribution is -2.12. The van der Waals surface area contributed by atoms with Crippen LogP contribution in [-0.2, 0) is 0 Å². The van der Waals surface area contributed by atoms with Crippen LogP contribution in [0.15, 0.2) is 36.4 Å². The molecule has 19 heavy (non-hydrogen) atoms. The first-order valence-corrected chi connectivity index (χ1v) is 6.35. The van der Waals surface area contributed by atoms with Gasteiger partial charge in [-0.05, 0) is 30.3 Å². The Morgan fingerprint density at radius 2 is 1.74 bits per heavy atom. The molecular weight excluding hydrogens is 309 g/mol. The highest BCUT2D eigenvalue weighted by atomic mass is 35.5. The molecule has 3 nitrogen and oxygen atoms in total. The topological polar surface area (TPSA) is 49.3 Å². The zero-order valence-corrected chi connectivity index (χ0v) is 11.7. The number of phenolic OH excluding ortho intramolecular Hbond substituents is 1. The number of amides is 1. The van der Waals surface area contributed by atoms with E-state index in [0.29, 0.717) is 10.7 Å². The summed E-state index contributed by atoms with van der Waals surface area (Å²) >= 11 is 17.6. The summed E-state index contributed by atoms with van der Waals surface area (Å²) in [4.78, 5) is 12.0. The standard InChI is InChI=1S/C13H8Cl3NO2/c14-7-1-3-10(15)9(5-7)13(19)17-12-4-2-8(18)6-11(12)16/h1-6,18H,(H,17,19). The minimum Gasteiger partial charge on any atom is -0.508 e. The van der Waals surface area contributed by atoms with Crippen molar-refractivity contribution in [1.82, 2.24) is 0 Å². The van der Waals surface area contributed by atoms with Gasteiger partial charge < -0.3 is 10.4 Å². The maximum atomic E-state index is 12.0. The van der Waals surface area contributed by atoms with E-state index in [0.717, 1.165) is 0 Å². The second-order valence-electron chi connectivity index (χ2n) is 3.74. The van der Waals surface area contributed by atoms with Crippen molar-refractivity contribution >= 4 is 46.4 Å². The quantitative estimate of drug-likeness (QED) is 0.795. The van der Waals surface area contributed by atoms with Crippen molar-refractivity contribution in [3.05, 3.63) is 57.0 Å². The highest BCUT2D eigenvalue weighted by Crippen LogP contribution is 2.27. The van der Waals surface area contributed by atoms with E-state index in [9.17, 15) is 9.90 Å². The summed E-state index contributed by atoms with van der Waals surface area (Å²) in [6.45, 7) is 0. The lowest BCUT2D eigenvalue weighted by molar-refractivity contribution is 0.102. The molecule has 6 heteroatoms. The molecule has 2 rings (SSSR count). The Kier molecular flexibility index (Phi) is 4.20. The number of nitrogens with one attached hydrogen (secondary N) is 1. The number of carbonyl (C=O) groups is 1. The fraction of sp³-hybridized carbons (Fsp3) is 0. The first-order valence-electron chi connectivity index (χ1n) is 5.22. The number of hydrogen-bond acceptors (Lipinski definition) is 2. The van der Waals surface area contributed by atoms with Crippen LogP contribution < -0.4 is 5.32 Å². The van der Waals surface area contributed by atoms with E-state index < -0.39 is 5.91 Å². The Hall–Kier alpha value is -1.42. The van der Waals surface area contributed by atoms with Crippen LogP contribution in [0.5, 0.6) is 5.75 Å². The van der Waals surface area contributed by atoms with Gasteiger partial charge in [0.05, 0.1) is 21.3 Å². The molecule has 0 aromatic heterocycles. The van der Waals surface area contributed by atoms with Gasteiger partial charge in [-0.2, -0.15) is 0 Å². The van der Waals surface area contributed by atoms with Crippen LogP contribution in [0, 0.1) is 0 Å². The Morgan fingerprint density at radius 1 is 1.00 bits per heavy atom. The van der Waals surface area contributed by atoms with Crippen molar-refractivity contribution < 1.29 is 9.90 Å². The van der Waals surface area contributed by atoms with Crippen LogP contribution in [-0.4, -0.2) is 11.0 Å². The summed E-state index contributed by atoms with van der Waals surface area (Å²) in [7, 11) is 0. The predicted octanol–water partition coefficient (Wildman–Crippen LogP) is 4.60. The lowest BCUT2D eigenvalue weighted by atomic mass is 10.2. The summed E-state index contributed by atoms with van der Waals surface area (Å²) < 4.78 is 0. The molecule has 0 atom stereocenters. The Bertz CT molecular complexity index is 644. The van der Waals surface area contributed by atoms with Crippen LogP contribution in [0.3, 0.4) is 0 Å². The first kappa shape index (κ1) is 14.0. The molecule has 0 aliphatic heterocycles. The van der Waals surface area contributed by atoms with Gasteiger partial charge in [-0.25, -0.2) is 0 Å². The van der Waals surface area contributed by atoms with Crippen LogP contribution in [0.25, 0.3) is 0 Å². The van der Waals surface area contributed by atoms with E-state index in [1.807, 2.05) is 0 Å². The third-order valence-electron chi connectivity index (χ3n) is 2.37. The largest absolute Gasteiger partial charge is 0.508 e. The van der Waals surface area contributed by atoms with Crippen molar-refractivity contribution in [1.29, 1.82) is 0 Å². The molecule has 0 saturated heterocycles. The van der Waals surface area contributed by atoms with Gasteiger partial charge in [-0.1, -0.05) is 34.8 Å². The number of anilines is 1. The van der Waals surface area contributed by atoms with Crippen LogP contribution in [0.1, 0.15) is 10.4 Å². The third kappa shape index (κ3) is 3.32. The molecule has 0 spiro atoms. The van der Waals surface area contributed by atoms with Gasteiger partial charge in [0, 0.05) is 11.1 Å². The average molecular weight is 317 g/mol. The molecule has 0 saturated carbocycles. The first-order chi connectivity index (χ1) is 8.97. The van der Waals surface area contributed by atoms with Crippen molar-refractivity contribution in [2.24, 2.45) is 0 Å². The minimum absolute atomic E-state index is 0.0174. The monoisotopic (exact) mass is 315 g/mol. The van der Waals surface area contributed by atoms with Gasteiger partial charge in [0.1, 0.15) is 5.75 Å². The maximum Gasteiger partial charge on any atom is 0.257 e. The number of benzene rings is 2. The normalized spacial score (nSPS) is 10.3. The molecule has 0 aliphatic rings. The van der Waals surface area contributed by atoms with Crippen molar-refractivity contribution in [3.8, 4) is 5.75 Å². The number of phenols is 1. The van der Waals surface area contributed by atoms with Crippen LogP contribution in [0.4, 0.5) is 5.69 Å². The molecule has 0 bridgehead atoms. The van der Waals surface area contributed by atoms with Crippen molar-refractivity contribution in [2.75, 3.05) is 5.32 Å². The van der Waals surface area contributed by atoms with Crippen LogP contribution in [0.2, 0.25) is 15.1 Å². The summed E-state index contributed by atoms with van der Waals surface area (Å²) in [5, 5.41) is 12.8. The second-order valence-corrected chi connectivity index (χ2v) is 4.99. The Morgan fingerprint density at radius 3 is 2.42 bits per heavy atom. The molecule has 0 radical (unpaired) electrons. The molecule has 2 aromatic carbocycles. The minimum atomic E-state index is -0.430. The summed E-state index contributed by atoms with van der Waals surface area (Å²) in [5.41, 5.74) is 0.624. The Balaban J connectivity index is 2.28. The van der Waals surface area contributed by atoms with Gasteiger partial charge in [0.2, 0.25) is 0 Å². The summed E-state index contributed by atoms with van der Waals surface area (Å²) in [6, 6.07) is 8.84. The molecule has 0 aliphatic carbocycles. The van der Waals surface area contributed by atoms with Crippen molar-refractivity contribution in [2.45, 2.75) is 0 Å². The molecular formula is C13H8Cl3NO2. The van der Waals surface area contributed by atoms with Gasteiger partial charge in [-0.15, -0.1) is 0 Å². The van der Waals surface area contributed by atoms with E-state index in [2.05, 4.69) is 5.32 Å². The zero-order valence-electron chi connectivity index (χ0n) is 9.45. The molecule has 2 N–H and O–H groups in total. The number of hydrogen-bond donors (Lipinski definition) is 2. The maximum absolute atomic E-state index is 12.0. The third-order valence-corrected chi connectivity index (χ3v) is 3.25. The number of aromatic hydroxyl groups is 1. The van der Waals surface area contributed by atoms with E-state index in [-0.39, 0.29) is 21.4 Å². The predicted molar refractivity (Wildman–Crippen MR) is 77.5 cm³/mol. The summed E-state index contributed by atoms with van der Waals surface area (Å²) in [6.07, 6.45) is 0. The molecule has 1 amide bonds. The summed E-state index contributed by atoms with van der Waals surface area (Å²) in [5.74, 6) is -0.413. The Labute approximate surface area is 124 Å².